The molecular weight excluding hydrogens is 259 g/mol. The van der Waals surface area contributed by atoms with E-state index in [4.69, 9.17) is 5.11 Å². The van der Waals surface area contributed by atoms with Gasteiger partial charge in [0, 0.05) is 18.8 Å². The SMILES string of the molecule is O=C(O)c1ccn2cc(Cc3cccc(F)c3)nc2c1. The van der Waals surface area contributed by atoms with Crippen molar-refractivity contribution in [1.82, 2.24) is 9.38 Å². The minimum Gasteiger partial charge on any atom is -0.478 e. The fourth-order valence-electron chi connectivity index (χ4n) is 2.11. The van der Waals surface area contributed by atoms with Crippen molar-refractivity contribution in [1.29, 1.82) is 0 Å². The lowest BCUT2D eigenvalue weighted by Crippen LogP contribution is -1.97. The van der Waals surface area contributed by atoms with Crippen LogP contribution in [0.1, 0.15) is 21.6 Å². The molecule has 4 nitrogen and oxygen atoms in total. The summed E-state index contributed by atoms with van der Waals surface area (Å²) >= 11 is 0. The van der Waals surface area contributed by atoms with Crippen molar-refractivity contribution in [2.24, 2.45) is 0 Å². The third kappa shape index (κ3) is 2.38. The molecule has 0 aliphatic rings. The number of imidazole rings is 1. The van der Waals surface area contributed by atoms with Crippen LogP contribution in [0.25, 0.3) is 5.65 Å². The molecule has 0 aliphatic heterocycles. The summed E-state index contributed by atoms with van der Waals surface area (Å²) in [5.41, 5.74) is 2.35. The number of carboxylic acids is 1. The molecule has 3 aromatic rings. The standard InChI is InChI=1S/C15H11FN2O2/c16-12-3-1-2-10(6-12)7-13-9-18-5-4-11(15(19)20)8-14(18)17-13/h1-6,8-9H,7H2,(H,19,20). The molecule has 0 atom stereocenters. The molecule has 0 amide bonds. The van der Waals surface area contributed by atoms with Crippen LogP contribution in [0, 0.1) is 5.82 Å². The molecule has 0 unspecified atom stereocenters. The number of carboxylic acid groups (broad SMARTS) is 1. The van der Waals surface area contributed by atoms with Gasteiger partial charge in [-0.25, -0.2) is 14.2 Å². The number of aromatic nitrogens is 2. The molecule has 0 saturated carbocycles. The van der Waals surface area contributed by atoms with Crippen molar-refractivity contribution in [3.63, 3.8) is 0 Å². The Morgan fingerprint density at radius 1 is 1.30 bits per heavy atom. The second-order valence-corrected chi connectivity index (χ2v) is 4.52. The first-order valence-corrected chi connectivity index (χ1v) is 6.07. The van der Waals surface area contributed by atoms with Gasteiger partial charge in [0.15, 0.2) is 0 Å². The summed E-state index contributed by atoms with van der Waals surface area (Å²) in [4.78, 5) is 15.3. The predicted molar refractivity (Wildman–Crippen MR) is 71.4 cm³/mol. The summed E-state index contributed by atoms with van der Waals surface area (Å²) < 4.78 is 14.9. The molecule has 0 aliphatic carbocycles. The number of halogens is 1. The van der Waals surface area contributed by atoms with Crippen LogP contribution in [0.4, 0.5) is 4.39 Å². The van der Waals surface area contributed by atoms with Crippen molar-refractivity contribution in [2.75, 3.05) is 0 Å². The lowest BCUT2D eigenvalue weighted by molar-refractivity contribution is 0.0697. The number of hydrogen-bond acceptors (Lipinski definition) is 2. The fourth-order valence-corrected chi connectivity index (χ4v) is 2.11. The highest BCUT2D eigenvalue weighted by Crippen LogP contribution is 2.13. The van der Waals surface area contributed by atoms with Crippen molar-refractivity contribution in [3.8, 4) is 0 Å². The van der Waals surface area contributed by atoms with Crippen LogP contribution in [0.2, 0.25) is 0 Å². The first-order chi connectivity index (χ1) is 9.61. The summed E-state index contributed by atoms with van der Waals surface area (Å²) in [5.74, 6) is -1.26. The van der Waals surface area contributed by atoms with Gasteiger partial charge in [0.1, 0.15) is 11.5 Å². The maximum absolute atomic E-state index is 13.1. The molecule has 0 fully saturated rings. The highest BCUT2D eigenvalue weighted by Gasteiger charge is 2.07. The monoisotopic (exact) mass is 270 g/mol. The van der Waals surface area contributed by atoms with Crippen LogP contribution in [0.15, 0.2) is 48.8 Å². The molecule has 5 heteroatoms. The van der Waals surface area contributed by atoms with E-state index in [1.807, 2.05) is 12.3 Å². The first-order valence-electron chi connectivity index (χ1n) is 6.07. The zero-order chi connectivity index (χ0) is 14.1. The van der Waals surface area contributed by atoms with E-state index in [-0.39, 0.29) is 11.4 Å². The van der Waals surface area contributed by atoms with E-state index in [9.17, 15) is 9.18 Å². The molecule has 1 N–H and O–H groups in total. The van der Waals surface area contributed by atoms with E-state index in [1.54, 1.807) is 16.7 Å². The van der Waals surface area contributed by atoms with E-state index < -0.39 is 5.97 Å². The van der Waals surface area contributed by atoms with Gasteiger partial charge in [0.25, 0.3) is 0 Å². The van der Waals surface area contributed by atoms with Crippen LogP contribution in [-0.2, 0) is 6.42 Å². The maximum atomic E-state index is 13.1. The van der Waals surface area contributed by atoms with Crippen molar-refractivity contribution >= 4 is 11.6 Å². The summed E-state index contributed by atoms with van der Waals surface area (Å²) in [6.45, 7) is 0. The summed E-state index contributed by atoms with van der Waals surface area (Å²) in [6, 6.07) is 9.37. The maximum Gasteiger partial charge on any atom is 0.335 e. The van der Waals surface area contributed by atoms with E-state index >= 15 is 0 Å². The Bertz CT molecular complexity index is 795. The zero-order valence-electron chi connectivity index (χ0n) is 10.5. The number of fused-ring (bicyclic) bond motifs is 1. The molecule has 0 radical (unpaired) electrons. The van der Waals surface area contributed by atoms with Crippen molar-refractivity contribution in [3.05, 3.63) is 71.4 Å². The largest absolute Gasteiger partial charge is 0.478 e. The molecule has 0 saturated heterocycles. The Balaban J connectivity index is 1.95. The Labute approximate surface area is 114 Å². The van der Waals surface area contributed by atoms with Gasteiger partial charge in [-0.15, -0.1) is 0 Å². The fraction of sp³-hybridized carbons (Fsp3) is 0.0667. The number of rotatable bonds is 3. The van der Waals surface area contributed by atoms with Gasteiger partial charge in [-0.05, 0) is 29.8 Å². The molecule has 2 heterocycles. The second kappa shape index (κ2) is 4.77. The number of carbonyl (C=O) groups is 1. The van der Waals surface area contributed by atoms with Gasteiger partial charge in [-0.2, -0.15) is 0 Å². The molecule has 0 bridgehead atoms. The minimum absolute atomic E-state index is 0.195. The van der Waals surface area contributed by atoms with Crippen molar-refractivity contribution in [2.45, 2.75) is 6.42 Å². The zero-order valence-corrected chi connectivity index (χ0v) is 10.5. The Kier molecular flexibility index (Phi) is 2.95. The Hall–Kier alpha value is -2.69. The van der Waals surface area contributed by atoms with Gasteiger partial charge in [-0.3, -0.25) is 0 Å². The number of benzene rings is 1. The van der Waals surface area contributed by atoms with E-state index in [2.05, 4.69) is 4.98 Å². The lowest BCUT2D eigenvalue weighted by Gasteiger charge is -1.97. The van der Waals surface area contributed by atoms with Crippen LogP contribution < -0.4 is 0 Å². The molecule has 0 spiro atoms. The smallest absolute Gasteiger partial charge is 0.335 e. The molecule has 2 aromatic heterocycles. The van der Waals surface area contributed by atoms with E-state index in [1.165, 1.54) is 24.3 Å². The molecule has 1 aromatic carbocycles. The third-order valence-corrected chi connectivity index (χ3v) is 3.03. The van der Waals surface area contributed by atoms with E-state index in [0.29, 0.717) is 12.1 Å². The normalized spacial score (nSPS) is 10.8. The van der Waals surface area contributed by atoms with Gasteiger partial charge < -0.3 is 9.51 Å². The number of pyridine rings is 1. The highest BCUT2D eigenvalue weighted by molar-refractivity contribution is 5.88. The summed E-state index contributed by atoms with van der Waals surface area (Å²) in [7, 11) is 0. The van der Waals surface area contributed by atoms with Gasteiger partial charge in [0.05, 0.1) is 11.3 Å². The number of hydrogen-bond donors (Lipinski definition) is 1. The minimum atomic E-state index is -0.984. The summed E-state index contributed by atoms with van der Waals surface area (Å²) in [5, 5.41) is 8.94. The third-order valence-electron chi connectivity index (χ3n) is 3.03. The lowest BCUT2D eigenvalue weighted by atomic mass is 10.1. The van der Waals surface area contributed by atoms with Gasteiger partial charge in [0.2, 0.25) is 0 Å². The highest BCUT2D eigenvalue weighted by atomic mass is 19.1. The van der Waals surface area contributed by atoms with Gasteiger partial charge in [-0.1, -0.05) is 12.1 Å². The average molecular weight is 270 g/mol. The first kappa shape index (κ1) is 12.3. The van der Waals surface area contributed by atoms with Crippen molar-refractivity contribution < 1.29 is 14.3 Å². The molecule has 100 valence electrons. The van der Waals surface area contributed by atoms with Crippen LogP contribution in [-0.4, -0.2) is 20.5 Å². The predicted octanol–water partition coefficient (Wildman–Crippen LogP) is 2.76. The molecule has 20 heavy (non-hydrogen) atoms. The van der Waals surface area contributed by atoms with Crippen LogP contribution in [0.5, 0.6) is 0 Å². The van der Waals surface area contributed by atoms with Crippen LogP contribution >= 0.6 is 0 Å². The Morgan fingerprint density at radius 2 is 2.15 bits per heavy atom. The molecule has 3 rings (SSSR count). The number of aromatic carboxylic acids is 1. The summed E-state index contributed by atoms with van der Waals surface area (Å²) in [6.07, 6.45) is 3.97. The van der Waals surface area contributed by atoms with Crippen LogP contribution in [0.3, 0.4) is 0 Å². The molecular formula is C15H11FN2O2. The average Bonchev–Trinajstić information content (AvgIpc) is 2.79. The van der Waals surface area contributed by atoms with Gasteiger partial charge >= 0.3 is 5.97 Å². The quantitative estimate of drug-likeness (QED) is 0.796. The second-order valence-electron chi connectivity index (χ2n) is 4.52. The topological polar surface area (TPSA) is 54.6 Å². The number of nitrogens with zero attached hydrogens (tertiary/aromatic N) is 2. The van der Waals surface area contributed by atoms with E-state index in [0.717, 1.165) is 11.3 Å². The Morgan fingerprint density at radius 3 is 2.90 bits per heavy atom.